The number of carbonyl (C=O) groups excluding carboxylic acids is 1. The number of hydrogen-bond acceptors (Lipinski definition) is 4. The van der Waals surface area contributed by atoms with E-state index in [9.17, 15) is 18.0 Å². The normalized spacial score (nSPS) is 14.4. The van der Waals surface area contributed by atoms with Crippen molar-refractivity contribution in [1.82, 2.24) is 9.97 Å². The molecule has 1 aromatic carbocycles. The Hall–Kier alpha value is -2.64. The van der Waals surface area contributed by atoms with E-state index in [0.717, 1.165) is 25.0 Å². The molecule has 2 N–H and O–H groups in total. The summed E-state index contributed by atoms with van der Waals surface area (Å²) in [5, 5.41) is 5.62. The van der Waals surface area contributed by atoms with Gasteiger partial charge in [-0.25, -0.2) is 9.97 Å². The summed E-state index contributed by atoms with van der Waals surface area (Å²) in [5.74, 6) is 0.0637. The molecular formula is C15H13F3N4O. The van der Waals surface area contributed by atoms with Crippen molar-refractivity contribution in [1.29, 1.82) is 0 Å². The number of hydrogen-bond donors (Lipinski definition) is 2. The van der Waals surface area contributed by atoms with Gasteiger partial charge < -0.3 is 10.6 Å². The molecule has 1 aromatic heterocycles. The lowest BCUT2D eigenvalue weighted by atomic mass is 10.2. The maximum absolute atomic E-state index is 12.5. The lowest BCUT2D eigenvalue weighted by molar-refractivity contribution is -0.137. The molecule has 0 unspecified atom stereocenters. The van der Waals surface area contributed by atoms with E-state index in [4.69, 9.17) is 0 Å². The summed E-state index contributed by atoms with van der Waals surface area (Å²) in [5.41, 5.74) is -0.429. The molecule has 1 fully saturated rings. The molecule has 8 heteroatoms. The van der Waals surface area contributed by atoms with Crippen LogP contribution in [0.15, 0.2) is 36.7 Å². The second-order valence-corrected chi connectivity index (χ2v) is 5.23. The Morgan fingerprint density at radius 2 is 1.78 bits per heavy atom. The SMILES string of the molecule is O=C(Nc1ccc(C(F)(F)F)cc1)c1cnc(NC2CC2)cn1. The molecule has 1 amide bonds. The Morgan fingerprint density at radius 3 is 2.30 bits per heavy atom. The van der Waals surface area contributed by atoms with Gasteiger partial charge in [-0.15, -0.1) is 0 Å². The van der Waals surface area contributed by atoms with Crippen LogP contribution in [0.3, 0.4) is 0 Å². The number of nitrogens with zero attached hydrogens (tertiary/aromatic N) is 2. The first-order valence-electron chi connectivity index (χ1n) is 6.99. The minimum Gasteiger partial charge on any atom is -0.366 e. The van der Waals surface area contributed by atoms with Crippen LogP contribution in [0.5, 0.6) is 0 Å². The Morgan fingerprint density at radius 1 is 1.09 bits per heavy atom. The lowest BCUT2D eigenvalue weighted by Crippen LogP contribution is -2.15. The van der Waals surface area contributed by atoms with Crippen LogP contribution in [0.2, 0.25) is 0 Å². The van der Waals surface area contributed by atoms with E-state index in [1.54, 1.807) is 0 Å². The highest BCUT2D eigenvalue weighted by atomic mass is 19.4. The van der Waals surface area contributed by atoms with Gasteiger partial charge in [-0.3, -0.25) is 4.79 Å². The maximum Gasteiger partial charge on any atom is 0.416 e. The quantitative estimate of drug-likeness (QED) is 0.906. The van der Waals surface area contributed by atoms with Crippen LogP contribution in [-0.2, 0) is 6.18 Å². The van der Waals surface area contributed by atoms with Crippen molar-refractivity contribution in [3.63, 3.8) is 0 Å². The van der Waals surface area contributed by atoms with Gasteiger partial charge in [0.25, 0.3) is 5.91 Å². The lowest BCUT2D eigenvalue weighted by Gasteiger charge is -2.09. The summed E-state index contributed by atoms with van der Waals surface area (Å²) < 4.78 is 37.4. The van der Waals surface area contributed by atoms with E-state index in [1.165, 1.54) is 24.5 Å². The standard InChI is InChI=1S/C15H13F3N4O/c16-15(17,18)9-1-3-11(4-2-9)22-14(23)12-7-20-13(8-19-12)21-10-5-6-10/h1-4,7-8,10H,5-6H2,(H,20,21)(H,22,23). The third kappa shape index (κ3) is 3.97. The van der Waals surface area contributed by atoms with Crippen LogP contribution < -0.4 is 10.6 Å². The molecule has 0 atom stereocenters. The summed E-state index contributed by atoms with van der Waals surface area (Å²) in [6.07, 6.45) is 0.568. The number of alkyl halides is 3. The summed E-state index contributed by atoms with van der Waals surface area (Å²) in [4.78, 5) is 20.1. The fourth-order valence-electron chi connectivity index (χ4n) is 1.89. The first-order valence-corrected chi connectivity index (χ1v) is 6.99. The van der Waals surface area contributed by atoms with Crippen molar-refractivity contribution in [3.8, 4) is 0 Å². The first-order chi connectivity index (χ1) is 10.9. The van der Waals surface area contributed by atoms with E-state index in [1.807, 2.05) is 0 Å². The number of halogens is 3. The van der Waals surface area contributed by atoms with Crippen LogP contribution in [0.1, 0.15) is 28.9 Å². The van der Waals surface area contributed by atoms with Crippen molar-refractivity contribution >= 4 is 17.4 Å². The zero-order valence-corrected chi connectivity index (χ0v) is 11.9. The summed E-state index contributed by atoms with van der Waals surface area (Å²) in [6.45, 7) is 0. The molecule has 2 aromatic rings. The predicted octanol–water partition coefficient (Wildman–Crippen LogP) is 3.32. The molecule has 120 valence electrons. The Labute approximate surface area is 130 Å². The molecule has 23 heavy (non-hydrogen) atoms. The number of nitrogens with one attached hydrogen (secondary N) is 2. The molecule has 0 spiro atoms. The second kappa shape index (κ2) is 5.86. The molecule has 5 nitrogen and oxygen atoms in total. The van der Waals surface area contributed by atoms with Gasteiger partial charge in [-0.1, -0.05) is 0 Å². The van der Waals surface area contributed by atoms with Gasteiger partial charge in [0.05, 0.1) is 18.0 Å². The highest BCUT2D eigenvalue weighted by molar-refractivity contribution is 6.02. The predicted molar refractivity (Wildman–Crippen MR) is 78.1 cm³/mol. The van der Waals surface area contributed by atoms with Gasteiger partial charge in [-0.05, 0) is 37.1 Å². The highest BCUT2D eigenvalue weighted by Crippen LogP contribution is 2.29. The third-order valence-electron chi connectivity index (χ3n) is 3.28. The average Bonchev–Trinajstić information content (AvgIpc) is 3.31. The smallest absolute Gasteiger partial charge is 0.366 e. The van der Waals surface area contributed by atoms with Gasteiger partial charge in [0.2, 0.25) is 0 Å². The topological polar surface area (TPSA) is 66.9 Å². The van der Waals surface area contributed by atoms with Crippen LogP contribution in [0.25, 0.3) is 0 Å². The monoisotopic (exact) mass is 322 g/mol. The molecule has 1 heterocycles. The zero-order chi connectivity index (χ0) is 16.4. The molecule has 0 bridgehead atoms. The van der Waals surface area contributed by atoms with Crippen molar-refractivity contribution in [2.45, 2.75) is 25.1 Å². The Kier molecular flexibility index (Phi) is 3.89. The van der Waals surface area contributed by atoms with Crippen LogP contribution in [0.4, 0.5) is 24.7 Å². The van der Waals surface area contributed by atoms with E-state index in [2.05, 4.69) is 20.6 Å². The van der Waals surface area contributed by atoms with Crippen molar-refractivity contribution in [3.05, 3.63) is 47.9 Å². The summed E-state index contributed by atoms with van der Waals surface area (Å²) >= 11 is 0. The Balaban J connectivity index is 1.63. The number of carbonyl (C=O) groups is 1. The fourth-order valence-corrected chi connectivity index (χ4v) is 1.89. The minimum absolute atomic E-state index is 0.0891. The summed E-state index contributed by atoms with van der Waals surface area (Å²) in [7, 11) is 0. The molecule has 0 aliphatic heterocycles. The second-order valence-electron chi connectivity index (χ2n) is 5.23. The van der Waals surface area contributed by atoms with Gasteiger partial charge in [0.1, 0.15) is 11.5 Å². The van der Waals surface area contributed by atoms with Crippen molar-refractivity contribution < 1.29 is 18.0 Å². The molecule has 0 saturated heterocycles. The van der Waals surface area contributed by atoms with E-state index in [-0.39, 0.29) is 11.4 Å². The highest BCUT2D eigenvalue weighted by Gasteiger charge is 2.30. The molecule has 1 aliphatic carbocycles. The van der Waals surface area contributed by atoms with Crippen LogP contribution in [-0.4, -0.2) is 21.9 Å². The van der Waals surface area contributed by atoms with E-state index >= 15 is 0 Å². The third-order valence-corrected chi connectivity index (χ3v) is 3.28. The largest absolute Gasteiger partial charge is 0.416 e. The van der Waals surface area contributed by atoms with Gasteiger partial charge in [0.15, 0.2) is 0 Å². The average molecular weight is 322 g/mol. The first kappa shape index (κ1) is 15.3. The number of anilines is 2. The maximum atomic E-state index is 12.5. The zero-order valence-electron chi connectivity index (χ0n) is 11.9. The number of rotatable bonds is 4. The fraction of sp³-hybridized carbons (Fsp3) is 0.267. The number of aromatic nitrogens is 2. The van der Waals surface area contributed by atoms with Gasteiger partial charge in [-0.2, -0.15) is 13.2 Å². The van der Waals surface area contributed by atoms with E-state index in [0.29, 0.717) is 11.9 Å². The molecular weight excluding hydrogens is 309 g/mol. The van der Waals surface area contributed by atoms with Crippen LogP contribution in [0, 0.1) is 0 Å². The van der Waals surface area contributed by atoms with Crippen molar-refractivity contribution in [2.24, 2.45) is 0 Å². The number of amides is 1. The molecule has 3 rings (SSSR count). The van der Waals surface area contributed by atoms with Gasteiger partial charge >= 0.3 is 6.18 Å². The minimum atomic E-state index is -4.40. The van der Waals surface area contributed by atoms with Crippen LogP contribution >= 0.6 is 0 Å². The van der Waals surface area contributed by atoms with E-state index < -0.39 is 17.6 Å². The van der Waals surface area contributed by atoms with Gasteiger partial charge in [0, 0.05) is 11.7 Å². The summed E-state index contributed by atoms with van der Waals surface area (Å²) in [6, 6.07) is 4.62. The Bertz CT molecular complexity index is 694. The van der Waals surface area contributed by atoms with Crippen molar-refractivity contribution in [2.75, 3.05) is 10.6 Å². The molecule has 1 saturated carbocycles. The molecule has 0 radical (unpaired) electrons. The molecule has 1 aliphatic rings. The number of benzene rings is 1.